The van der Waals surface area contributed by atoms with Gasteiger partial charge in [0.25, 0.3) is 0 Å². The van der Waals surface area contributed by atoms with Gasteiger partial charge < -0.3 is 0 Å². The van der Waals surface area contributed by atoms with E-state index in [1.165, 1.54) is 141 Å². The summed E-state index contributed by atoms with van der Waals surface area (Å²) in [4.78, 5) is 0. The van der Waals surface area contributed by atoms with Crippen LogP contribution in [0.2, 0.25) is 0 Å². The highest BCUT2D eigenvalue weighted by molar-refractivity contribution is 4.49. The van der Waals surface area contributed by atoms with Gasteiger partial charge in [-0.15, -0.1) is 0 Å². The van der Waals surface area contributed by atoms with Gasteiger partial charge in [-0.25, -0.2) is 0 Å². The predicted octanol–water partition coefficient (Wildman–Crippen LogP) is 11.3. The van der Waals surface area contributed by atoms with Crippen LogP contribution in [0.4, 0.5) is 0 Å². The van der Waals surface area contributed by atoms with Crippen LogP contribution in [0.5, 0.6) is 0 Å². The van der Waals surface area contributed by atoms with Gasteiger partial charge in [0.15, 0.2) is 0 Å². The van der Waals surface area contributed by atoms with E-state index in [9.17, 15) is 0 Å². The zero-order valence-electron chi connectivity index (χ0n) is 21.1. The highest BCUT2D eigenvalue weighted by Crippen LogP contribution is 2.13. The minimum Gasteiger partial charge on any atom is -0.0654 e. The van der Waals surface area contributed by atoms with Crippen molar-refractivity contribution in [2.45, 2.75) is 176 Å². The standard InChI is InChI=1S/2C14H30/c1-4-5-6-7-8-9-10-11-12-13-14(2)3;1-3-5-7-9-11-13-14-12-10-8-6-4-2/h14H,4-13H2,1-3H3;3-14H2,1-2H3. The fraction of sp³-hybridized carbons (Fsp3) is 1.00. The Bertz CT molecular complexity index is 218. The van der Waals surface area contributed by atoms with Gasteiger partial charge >= 0.3 is 0 Å². The molecule has 0 nitrogen and oxygen atoms in total. The van der Waals surface area contributed by atoms with Crippen LogP contribution in [-0.4, -0.2) is 0 Å². The van der Waals surface area contributed by atoms with Gasteiger partial charge in [-0.2, -0.15) is 0 Å². The van der Waals surface area contributed by atoms with Crippen molar-refractivity contribution in [2.75, 3.05) is 0 Å². The van der Waals surface area contributed by atoms with Gasteiger partial charge in [0.1, 0.15) is 0 Å². The Balaban J connectivity index is 0. The highest BCUT2D eigenvalue weighted by Gasteiger charge is 1.95. The largest absolute Gasteiger partial charge is 0.0654 e. The Labute approximate surface area is 182 Å². The summed E-state index contributed by atoms with van der Waals surface area (Å²) in [5, 5.41) is 0. The van der Waals surface area contributed by atoms with E-state index < -0.39 is 0 Å². The van der Waals surface area contributed by atoms with Crippen LogP contribution < -0.4 is 0 Å². The van der Waals surface area contributed by atoms with Gasteiger partial charge in [-0.05, 0) is 5.92 Å². The maximum atomic E-state index is 2.32. The summed E-state index contributed by atoms with van der Waals surface area (Å²) in [6, 6.07) is 0. The lowest BCUT2D eigenvalue weighted by molar-refractivity contribution is 0.507. The molecule has 0 aliphatic rings. The van der Waals surface area contributed by atoms with Crippen molar-refractivity contribution < 1.29 is 0 Å². The highest BCUT2D eigenvalue weighted by atomic mass is 14.0. The van der Waals surface area contributed by atoms with Crippen molar-refractivity contribution in [3.05, 3.63) is 0 Å². The fourth-order valence-electron chi connectivity index (χ4n) is 3.78. The lowest BCUT2D eigenvalue weighted by Crippen LogP contribution is -1.87. The number of hydrogen-bond donors (Lipinski definition) is 0. The van der Waals surface area contributed by atoms with E-state index in [2.05, 4.69) is 34.6 Å². The van der Waals surface area contributed by atoms with Gasteiger partial charge in [0.2, 0.25) is 0 Å². The molecule has 0 amide bonds. The first-order chi connectivity index (χ1) is 13.7. The first-order valence-electron chi connectivity index (χ1n) is 13.7. The first-order valence-corrected chi connectivity index (χ1v) is 13.7. The smallest absolute Gasteiger partial charge is 0.0471 e. The molecular formula is C28H60. The van der Waals surface area contributed by atoms with E-state index in [0.717, 1.165) is 5.92 Å². The van der Waals surface area contributed by atoms with Gasteiger partial charge in [-0.1, -0.05) is 176 Å². The molecule has 0 heteroatoms. The lowest BCUT2D eigenvalue weighted by Gasteiger charge is -2.04. The topological polar surface area (TPSA) is 0 Å². The molecule has 0 radical (unpaired) electrons. The third-order valence-electron chi connectivity index (χ3n) is 5.84. The van der Waals surface area contributed by atoms with Gasteiger partial charge in [-0.3, -0.25) is 0 Å². The van der Waals surface area contributed by atoms with Crippen LogP contribution in [0.1, 0.15) is 176 Å². The van der Waals surface area contributed by atoms with E-state index in [1.54, 1.807) is 0 Å². The molecule has 0 fully saturated rings. The number of rotatable bonds is 21. The third-order valence-corrected chi connectivity index (χ3v) is 5.84. The Morgan fingerprint density at radius 1 is 0.321 bits per heavy atom. The molecule has 0 bridgehead atoms. The summed E-state index contributed by atoms with van der Waals surface area (Å²) in [5.74, 6) is 0.902. The molecule has 0 aromatic carbocycles. The summed E-state index contributed by atoms with van der Waals surface area (Å²) < 4.78 is 0. The molecule has 0 atom stereocenters. The van der Waals surface area contributed by atoms with Gasteiger partial charge in [0.05, 0.1) is 0 Å². The molecule has 0 aliphatic carbocycles. The fourth-order valence-corrected chi connectivity index (χ4v) is 3.78. The molecule has 0 N–H and O–H groups in total. The van der Waals surface area contributed by atoms with E-state index >= 15 is 0 Å². The summed E-state index contributed by atoms with van der Waals surface area (Å²) in [5.41, 5.74) is 0. The molecule has 172 valence electrons. The average molecular weight is 397 g/mol. The second kappa shape index (κ2) is 29.2. The molecular weight excluding hydrogens is 336 g/mol. The zero-order valence-corrected chi connectivity index (χ0v) is 21.1. The minimum absolute atomic E-state index is 0.902. The van der Waals surface area contributed by atoms with Crippen LogP contribution >= 0.6 is 0 Å². The monoisotopic (exact) mass is 396 g/mol. The van der Waals surface area contributed by atoms with E-state index in [-0.39, 0.29) is 0 Å². The summed E-state index contributed by atoms with van der Waals surface area (Å²) in [6.07, 6.45) is 31.9. The van der Waals surface area contributed by atoms with Crippen molar-refractivity contribution in [2.24, 2.45) is 5.92 Å². The zero-order chi connectivity index (χ0) is 21.1. The lowest BCUT2D eigenvalue weighted by atomic mass is 10.0. The number of unbranched alkanes of at least 4 members (excludes halogenated alkanes) is 19. The molecule has 0 unspecified atom stereocenters. The molecule has 0 aromatic rings. The van der Waals surface area contributed by atoms with Crippen molar-refractivity contribution in [3.8, 4) is 0 Å². The predicted molar refractivity (Wildman–Crippen MR) is 133 cm³/mol. The summed E-state index contributed by atoms with van der Waals surface area (Å²) in [7, 11) is 0. The van der Waals surface area contributed by atoms with Crippen LogP contribution in [0.3, 0.4) is 0 Å². The van der Waals surface area contributed by atoms with Crippen LogP contribution in [0.15, 0.2) is 0 Å². The Hall–Kier alpha value is 0. The Morgan fingerprint density at radius 2 is 0.536 bits per heavy atom. The second-order valence-electron chi connectivity index (χ2n) is 9.55. The van der Waals surface area contributed by atoms with Crippen molar-refractivity contribution in [1.29, 1.82) is 0 Å². The van der Waals surface area contributed by atoms with E-state index in [0.29, 0.717) is 0 Å². The van der Waals surface area contributed by atoms with Crippen molar-refractivity contribution in [3.63, 3.8) is 0 Å². The van der Waals surface area contributed by atoms with E-state index in [4.69, 9.17) is 0 Å². The average Bonchev–Trinajstić information content (AvgIpc) is 2.68. The Kier molecular flexibility index (Phi) is 31.5. The molecule has 0 rings (SSSR count). The van der Waals surface area contributed by atoms with Crippen LogP contribution in [0.25, 0.3) is 0 Å². The van der Waals surface area contributed by atoms with Crippen molar-refractivity contribution in [1.82, 2.24) is 0 Å². The SMILES string of the molecule is CCCCCCCCCCCC(C)C.CCCCCCCCCCCCCC. The molecule has 0 spiro atoms. The van der Waals surface area contributed by atoms with E-state index in [1.807, 2.05) is 0 Å². The second-order valence-corrected chi connectivity index (χ2v) is 9.55. The van der Waals surface area contributed by atoms with Crippen molar-refractivity contribution >= 4 is 0 Å². The first kappa shape index (κ1) is 30.2. The molecule has 0 saturated heterocycles. The maximum Gasteiger partial charge on any atom is -0.0471 e. The van der Waals surface area contributed by atoms with Crippen LogP contribution in [0, 0.1) is 5.92 Å². The van der Waals surface area contributed by atoms with Crippen LogP contribution in [-0.2, 0) is 0 Å². The normalized spacial score (nSPS) is 10.9. The molecule has 28 heavy (non-hydrogen) atoms. The summed E-state index contributed by atoms with van der Waals surface area (Å²) in [6.45, 7) is 11.5. The molecule has 0 aromatic heterocycles. The summed E-state index contributed by atoms with van der Waals surface area (Å²) >= 11 is 0. The molecule has 0 aliphatic heterocycles. The maximum absolute atomic E-state index is 2.32. The minimum atomic E-state index is 0.902. The van der Waals surface area contributed by atoms with Gasteiger partial charge in [0, 0.05) is 0 Å². The molecule has 0 saturated carbocycles. The number of hydrogen-bond acceptors (Lipinski definition) is 0. The quantitative estimate of drug-likeness (QED) is 0.169. The Morgan fingerprint density at radius 3 is 0.750 bits per heavy atom. The third kappa shape index (κ3) is 33.6. The molecule has 0 heterocycles.